The van der Waals surface area contributed by atoms with Crippen molar-refractivity contribution in [2.24, 2.45) is 5.73 Å². The summed E-state index contributed by atoms with van der Waals surface area (Å²) in [6.45, 7) is 2.31. The first-order valence-electron chi connectivity index (χ1n) is 6.55. The highest BCUT2D eigenvalue weighted by Crippen LogP contribution is 2.21. The summed E-state index contributed by atoms with van der Waals surface area (Å²) in [4.78, 5) is 24.0. The van der Waals surface area contributed by atoms with E-state index in [-0.39, 0.29) is 11.8 Å². The Morgan fingerprint density at radius 3 is 2.70 bits per heavy atom. The molecule has 108 valence electrons. The average Bonchev–Trinajstić information content (AvgIpc) is 2.41. The molecule has 0 saturated carbocycles. The van der Waals surface area contributed by atoms with Gasteiger partial charge >= 0.3 is 0 Å². The Bertz CT molecular complexity index is 514. The van der Waals surface area contributed by atoms with Crippen molar-refractivity contribution in [3.63, 3.8) is 0 Å². The van der Waals surface area contributed by atoms with Gasteiger partial charge in [0.15, 0.2) is 0 Å². The predicted molar refractivity (Wildman–Crippen MR) is 79.9 cm³/mol. The number of hydrogen-bond donors (Lipinski definition) is 3. The van der Waals surface area contributed by atoms with E-state index in [1.807, 2.05) is 12.1 Å². The van der Waals surface area contributed by atoms with Crippen LogP contribution in [0, 0.1) is 0 Å². The third kappa shape index (κ3) is 3.19. The quantitative estimate of drug-likeness (QED) is 0.768. The van der Waals surface area contributed by atoms with Gasteiger partial charge in [-0.3, -0.25) is 9.59 Å². The minimum absolute atomic E-state index is 0.142. The molecule has 1 aliphatic rings. The molecule has 0 radical (unpaired) electrons. The van der Waals surface area contributed by atoms with E-state index in [0.717, 1.165) is 10.9 Å². The number of rotatable bonds is 3. The highest BCUT2D eigenvalue weighted by molar-refractivity contribution is 9.10. The Labute approximate surface area is 126 Å². The minimum Gasteiger partial charge on any atom is -0.354 e. The molecule has 6 heteroatoms. The molecule has 4 N–H and O–H groups in total. The van der Waals surface area contributed by atoms with E-state index >= 15 is 0 Å². The maximum atomic E-state index is 12.3. The molecule has 1 fully saturated rings. The van der Waals surface area contributed by atoms with Gasteiger partial charge in [0.05, 0.1) is 0 Å². The second-order valence-corrected chi connectivity index (χ2v) is 6.08. The number of benzene rings is 1. The van der Waals surface area contributed by atoms with Crippen molar-refractivity contribution in [3.05, 3.63) is 34.3 Å². The van der Waals surface area contributed by atoms with Crippen molar-refractivity contribution in [1.82, 2.24) is 10.6 Å². The summed E-state index contributed by atoms with van der Waals surface area (Å²) in [6, 6.07) is 6.77. The Kier molecular flexibility index (Phi) is 4.45. The Morgan fingerprint density at radius 1 is 1.45 bits per heavy atom. The fourth-order valence-corrected chi connectivity index (χ4v) is 2.41. The van der Waals surface area contributed by atoms with Crippen LogP contribution in [0.5, 0.6) is 0 Å². The van der Waals surface area contributed by atoms with E-state index in [1.54, 1.807) is 19.1 Å². The first-order valence-corrected chi connectivity index (χ1v) is 7.34. The average molecular weight is 340 g/mol. The van der Waals surface area contributed by atoms with E-state index in [9.17, 15) is 9.59 Å². The second kappa shape index (κ2) is 5.93. The lowest BCUT2D eigenvalue weighted by Crippen LogP contribution is -2.57. The van der Waals surface area contributed by atoms with Gasteiger partial charge in [-0.1, -0.05) is 28.1 Å². The van der Waals surface area contributed by atoms with Gasteiger partial charge in [-0.05, 0) is 37.5 Å². The zero-order chi connectivity index (χ0) is 14.8. The van der Waals surface area contributed by atoms with Crippen molar-refractivity contribution in [2.75, 3.05) is 6.54 Å². The van der Waals surface area contributed by atoms with Gasteiger partial charge in [0.25, 0.3) is 0 Å². The highest BCUT2D eigenvalue weighted by atomic mass is 79.9. The van der Waals surface area contributed by atoms with Crippen LogP contribution >= 0.6 is 15.9 Å². The monoisotopic (exact) mass is 339 g/mol. The highest BCUT2D eigenvalue weighted by Gasteiger charge is 2.34. The maximum absolute atomic E-state index is 12.3. The van der Waals surface area contributed by atoms with Gasteiger partial charge in [0, 0.05) is 11.0 Å². The van der Waals surface area contributed by atoms with Gasteiger partial charge in [-0.25, -0.2) is 0 Å². The number of hydrogen-bond acceptors (Lipinski definition) is 3. The van der Waals surface area contributed by atoms with Crippen molar-refractivity contribution in [2.45, 2.75) is 31.3 Å². The zero-order valence-corrected chi connectivity index (χ0v) is 12.9. The number of nitrogens with one attached hydrogen (secondary N) is 2. The molecule has 1 aliphatic heterocycles. The van der Waals surface area contributed by atoms with E-state index in [0.29, 0.717) is 18.5 Å². The van der Waals surface area contributed by atoms with Crippen LogP contribution in [-0.4, -0.2) is 24.4 Å². The molecule has 0 spiro atoms. The van der Waals surface area contributed by atoms with E-state index in [4.69, 9.17) is 5.73 Å². The number of amides is 2. The largest absolute Gasteiger partial charge is 0.354 e. The van der Waals surface area contributed by atoms with Crippen LogP contribution in [0.1, 0.15) is 25.3 Å². The summed E-state index contributed by atoms with van der Waals surface area (Å²) in [7, 11) is 0. The molecule has 0 bridgehead atoms. The van der Waals surface area contributed by atoms with E-state index in [1.165, 1.54) is 0 Å². The lowest BCUT2D eigenvalue weighted by molar-refractivity contribution is -0.132. The molecule has 1 aromatic rings. The fraction of sp³-hybridized carbons (Fsp3) is 0.429. The molecule has 20 heavy (non-hydrogen) atoms. The van der Waals surface area contributed by atoms with Gasteiger partial charge in [-0.15, -0.1) is 0 Å². The van der Waals surface area contributed by atoms with E-state index in [2.05, 4.69) is 26.6 Å². The van der Waals surface area contributed by atoms with Crippen molar-refractivity contribution < 1.29 is 9.59 Å². The molecule has 2 unspecified atom stereocenters. The van der Waals surface area contributed by atoms with Crippen molar-refractivity contribution in [1.29, 1.82) is 0 Å². The molecule has 1 heterocycles. The first-order chi connectivity index (χ1) is 9.41. The molecule has 0 aliphatic carbocycles. The number of carbonyl (C=O) groups is 2. The van der Waals surface area contributed by atoms with Crippen molar-refractivity contribution in [3.8, 4) is 0 Å². The summed E-state index contributed by atoms with van der Waals surface area (Å²) in [5.41, 5.74) is 5.67. The van der Waals surface area contributed by atoms with E-state index < -0.39 is 11.6 Å². The molecule has 5 nitrogen and oxygen atoms in total. The smallest absolute Gasteiger partial charge is 0.245 e. The van der Waals surface area contributed by atoms with Gasteiger partial charge in [-0.2, -0.15) is 0 Å². The van der Waals surface area contributed by atoms with Gasteiger partial charge < -0.3 is 16.4 Å². The maximum Gasteiger partial charge on any atom is 0.245 e. The Morgan fingerprint density at radius 2 is 2.10 bits per heavy atom. The summed E-state index contributed by atoms with van der Waals surface area (Å²) in [6.07, 6.45) is 1.50. The minimum atomic E-state index is -1.17. The number of halogens is 1. The second-order valence-electron chi connectivity index (χ2n) is 5.17. The van der Waals surface area contributed by atoms with Crippen LogP contribution in [0.4, 0.5) is 0 Å². The Hall–Kier alpha value is -1.40. The predicted octanol–water partition coefficient (Wildman–Crippen LogP) is 1.02. The molecule has 0 aromatic heterocycles. The standard InChI is InChI=1S/C14H18BrN3O2/c1-14(16,9-4-6-10(15)7-5-9)13(20)18-11-3-2-8-17-12(11)19/h4-7,11H,2-3,8,16H2,1H3,(H,17,19)(H,18,20). The first kappa shape index (κ1) is 15.0. The van der Waals surface area contributed by atoms with Gasteiger partial charge in [0.1, 0.15) is 11.6 Å². The number of nitrogens with two attached hydrogens (primary N) is 1. The molecular weight excluding hydrogens is 322 g/mol. The molecule has 2 amide bonds. The van der Waals surface area contributed by atoms with Crippen LogP contribution < -0.4 is 16.4 Å². The van der Waals surface area contributed by atoms with Crippen molar-refractivity contribution >= 4 is 27.7 Å². The van der Waals surface area contributed by atoms with Gasteiger partial charge in [0.2, 0.25) is 11.8 Å². The van der Waals surface area contributed by atoms with Crippen LogP contribution in [0.2, 0.25) is 0 Å². The Balaban J connectivity index is 2.10. The lowest BCUT2D eigenvalue weighted by atomic mass is 9.91. The molecular formula is C14H18BrN3O2. The van der Waals surface area contributed by atoms with Crippen LogP contribution in [0.3, 0.4) is 0 Å². The summed E-state index contributed by atoms with van der Waals surface area (Å²) < 4.78 is 0.920. The fourth-order valence-electron chi connectivity index (χ4n) is 2.15. The topological polar surface area (TPSA) is 84.2 Å². The summed E-state index contributed by atoms with van der Waals surface area (Å²) in [5, 5.41) is 5.47. The third-order valence-corrected chi connectivity index (χ3v) is 4.03. The molecule has 2 atom stereocenters. The SMILES string of the molecule is CC(N)(C(=O)NC1CCCNC1=O)c1ccc(Br)cc1. The van der Waals surface area contributed by atoms with Crippen LogP contribution in [0.15, 0.2) is 28.7 Å². The third-order valence-electron chi connectivity index (χ3n) is 3.51. The van der Waals surface area contributed by atoms with Crippen LogP contribution in [-0.2, 0) is 15.1 Å². The number of piperidine rings is 1. The summed E-state index contributed by atoms with van der Waals surface area (Å²) in [5.74, 6) is -0.488. The molecule has 1 aromatic carbocycles. The molecule has 1 saturated heterocycles. The zero-order valence-electron chi connectivity index (χ0n) is 11.3. The summed E-state index contributed by atoms with van der Waals surface area (Å²) >= 11 is 3.34. The van der Waals surface area contributed by atoms with Crippen LogP contribution in [0.25, 0.3) is 0 Å². The normalized spacial score (nSPS) is 21.8. The number of carbonyl (C=O) groups excluding carboxylic acids is 2. The lowest BCUT2D eigenvalue weighted by Gasteiger charge is -2.29. The molecule has 2 rings (SSSR count).